The Bertz CT molecular complexity index is 2580. The number of amides is 2. The van der Waals surface area contributed by atoms with Crippen molar-refractivity contribution in [3.63, 3.8) is 0 Å². The van der Waals surface area contributed by atoms with Crippen LogP contribution in [0.4, 0.5) is 9.59 Å². The number of aromatic nitrogens is 4. The molecule has 18 nitrogen and oxygen atoms in total. The van der Waals surface area contributed by atoms with Crippen molar-refractivity contribution in [1.82, 2.24) is 29.7 Å². The highest BCUT2D eigenvalue weighted by molar-refractivity contribution is 7.12. The highest BCUT2D eigenvalue weighted by atomic mass is 32.1. The van der Waals surface area contributed by atoms with Gasteiger partial charge in [0.1, 0.15) is 66.3 Å². The van der Waals surface area contributed by atoms with Crippen molar-refractivity contribution in [2.75, 3.05) is 13.2 Å². The van der Waals surface area contributed by atoms with Crippen molar-refractivity contribution in [3.05, 3.63) is 64.3 Å². The summed E-state index contributed by atoms with van der Waals surface area (Å²) in [5.41, 5.74) is -2.87. The summed E-state index contributed by atoms with van der Waals surface area (Å²) in [5.74, 6) is -1.12. The molecule has 4 aromatic heterocycles. The van der Waals surface area contributed by atoms with Gasteiger partial charge in [-0.05, 0) is 110 Å². The van der Waals surface area contributed by atoms with E-state index in [1.165, 1.54) is 45.3 Å². The number of ether oxygens (including phenoxy) is 6. The number of esters is 2. The average Bonchev–Trinajstić information content (AvgIpc) is 4.09. The van der Waals surface area contributed by atoms with Crippen molar-refractivity contribution >= 4 is 81.4 Å². The molecule has 0 aliphatic carbocycles. The molecule has 4 aromatic rings. The van der Waals surface area contributed by atoms with E-state index >= 15 is 0 Å². The van der Waals surface area contributed by atoms with Crippen LogP contribution in [-0.4, -0.2) is 114 Å². The molecule has 2 fully saturated rings. The largest absolute Gasteiger partial charge is 0.461 e. The number of hydrogen-bond acceptors (Lipinski definition) is 20. The number of carbonyl (C=O) groups is 4. The van der Waals surface area contributed by atoms with E-state index in [-0.39, 0.29) is 24.6 Å². The Balaban J connectivity index is 1.36. The van der Waals surface area contributed by atoms with Gasteiger partial charge in [-0.25, -0.2) is 39.1 Å². The lowest BCUT2D eigenvalue weighted by Crippen LogP contribution is -2.47. The van der Waals surface area contributed by atoms with Crippen LogP contribution in [0, 0.1) is 0 Å². The average molecular weight is 1010 g/mol. The van der Waals surface area contributed by atoms with Crippen LogP contribution in [-0.2, 0) is 34.0 Å². The normalized spacial score (nSPS) is 24.9. The second-order valence-electron chi connectivity index (χ2n) is 19.5. The van der Waals surface area contributed by atoms with Crippen molar-refractivity contribution in [2.24, 2.45) is 9.98 Å². The highest BCUT2D eigenvalue weighted by Crippen LogP contribution is 2.51. The zero-order chi connectivity index (χ0) is 49.7. The number of thiazole rings is 4. The molecule has 7 heterocycles. The molecular formula is C46H60N8O10S4. The molecule has 0 bridgehead atoms. The predicted molar refractivity (Wildman–Crippen MR) is 259 cm³/mol. The molecule has 0 N–H and O–H groups in total. The molecule has 0 spiro atoms. The topological polar surface area (TPSA) is 206 Å². The molecule has 3 aliphatic heterocycles. The van der Waals surface area contributed by atoms with Gasteiger partial charge in [0.05, 0.1) is 42.5 Å². The minimum Gasteiger partial charge on any atom is -0.461 e. The van der Waals surface area contributed by atoms with E-state index in [9.17, 15) is 19.2 Å². The van der Waals surface area contributed by atoms with Gasteiger partial charge >= 0.3 is 24.1 Å². The van der Waals surface area contributed by atoms with E-state index in [4.69, 9.17) is 53.4 Å². The highest BCUT2D eigenvalue weighted by Gasteiger charge is 2.54. The molecule has 22 heteroatoms. The van der Waals surface area contributed by atoms with Gasteiger partial charge in [-0.3, -0.25) is 19.8 Å². The van der Waals surface area contributed by atoms with Crippen molar-refractivity contribution in [3.8, 4) is 0 Å². The van der Waals surface area contributed by atoms with Gasteiger partial charge < -0.3 is 28.4 Å². The zero-order valence-corrected chi connectivity index (χ0v) is 44.2. The first-order valence-corrected chi connectivity index (χ1v) is 26.0. The van der Waals surface area contributed by atoms with Gasteiger partial charge in [-0.1, -0.05) is 0 Å². The summed E-state index contributed by atoms with van der Waals surface area (Å²) in [6, 6.07) is -2.06. The first kappa shape index (κ1) is 51.1. The summed E-state index contributed by atoms with van der Waals surface area (Å²) in [6.45, 7) is 25.8. The molecule has 0 radical (unpaired) electrons. The van der Waals surface area contributed by atoms with Crippen LogP contribution in [0.2, 0.25) is 0 Å². The Hall–Kier alpha value is -4.74. The Labute approximate surface area is 412 Å². The molecule has 0 saturated carbocycles. The zero-order valence-electron chi connectivity index (χ0n) is 40.9. The van der Waals surface area contributed by atoms with E-state index in [0.29, 0.717) is 50.0 Å². The molecule has 6 atom stereocenters. The maximum absolute atomic E-state index is 13.9. The molecule has 2 amide bonds. The third kappa shape index (κ3) is 10.5. The van der Waals surface area contributed by atoms with Crippen LogP contribution < -0.4 is 0 Å². The molecule has 0 aromatic carbocycles. The van der Waals surface area contributed by atoms with Gasteiger partial charge in [-0.2, -0.15) is 0 Å². The summed E-state index contributed by atoms with van der Waals surface area (Å²) in [7, 11) is 0. The Morgan fingerprint density at radius 1 is 0.735 bits per heavy atom. The summed E-state index contributed by atoms with van der Waals surface area (Å²) in [6.07, 6.45) is 0.394. The van der Waals surface area contributed by atoms with Crippen molar-refractivity contribution in [1.29, 1.82) is 0 Å². The monoisotopic (exact) mass is 1010 g/mol. The summed E-state index contributed by atoms with van der Waals surface area (Å²) in [5, 5.41) is 9.26. The maximum atomic E-state index is 13.9. The van der Waals surface area contributed by atoms with Crippen LogP contribution in [0.5, 0.6) is 0 Å². The molecule has 368 valence electrons. The Morgan fingerprint density at radius 3 is 1.79 bits per heavy atom. The summed E-state index contributed by atoms with van der Waals surface area (Å²) >= 11 is 5.25. The standard InChI is InChI=1S/C46H60N8O10S4/c1-15-59-37(55)29-22-66-34(51-29)27-17-18-46(39-52-30(23-68-39)38(56)60-16-2,47-19-26-20-65-35(48-26)31-24(3)61-44(11,12)53(31)40(57)63-42(5,6)7)33(49-27)28-21-67-36(50-28)32-25(4)62-45(13,14)54(32)41(58)64-43(8,9)10/h19-25,31-33H,15-18H2,1-14H3/t24-,25-,31+,32+,33-,46-/m1/s1. The molecule has 2 saturated heterocycles. The lowest BCUT2D eigenvalue weighted by Gasteiger charge is -2.37. The van der Waals surface area contributed by atoms with E-state index in [0.717, 1.165) is 0 Å². The molecular weight excluding hydrogens is 953 g/mol. The fourth-order valence-electron chi connectivity index (χ4n) is 8.53. The second kappa shape index (κ2) is 19.2. The third-order valence-corrected chi connectivity index (χ3v) is 14.9. The number of hydrogen-bond donors (Lipinski definition) is 0. The minimum atomic E-state index is -1.29. The Kier molecular flexibility index (Phi) is 14.4. The molecule has 68 heavy (non-hydrogen) atoms. The van der Waals surface area contributed by atoms with Gasteiger partial charge in [0.25, 0.3) is 0 Å². The lowest BCUT2D eigenvalue weighted by atomic mass is 9.81. The Morgan fingerprint density at radius 2 is 1.25 bits per heavy atom. The smallest absolute Gasteiger partial charge is 0.413 e. The fraction of sp³-hybridized carbons (Fsp3) is 0.609. The van der Waals surface area contributed by atoms with Crippen molar-refractivity contribution < 1.29 is 47.6 Å². The number of nitrogens with zero attached hydrogens (tertiary/aromatic N) is 8. The van der Waals surface area contributed by atoms with E-state index < -0.39 is 82.6 Å². The number of rotatable bonds is 11. The fourth-order valence-corrected chi connectivity index (χ4v) is 12.3. The van der Waals surface area contributed by atoms with Crippen LogP contribution in [0.15, 0.2) is 31.5 Å². The van der Waals surface area contributed by atoms with E-state index in [2.05, 4.69) is 4.98 Å². The first-order valence-electron chi connectivity index (χ1n) is 22.5. The van der Waals surface area contributed by atoms with Gasteiger partial charge in [0.15, 0.2) is 11.4 Å². The lowest BCUT2D eigenvalue weighted by molar-refractivity contribution is -0.0768. The van der Waals surface area contributed by atoms with Crippen LogP contribution in [0.25, 0.3) is 0 Å². The number of carbonyl (C=O) groups excluding carboxylic acids is 4. The third-order valence-electron chi connectivity index (χ3n) is 11.1. The van der Waals surface area contributed by atoms with E-state index in [1.807, 2.05) is 93.8 Å². The molecule has 7 rings (SSSR count). The minimum absolute atomic E-state index is 0.121. The van der Waals surface area contributed by atoms with Gasteiger partial charge in [0.2, 0.25) is 0 Å². The van der Waals surface area contributed by atoms with Gasteiger partial charge in [-0.15, -0.1) is 45.3 Å². The first-order chi connectivity index (χ1) is 31.8. The maximum Gasteiger partial charge on any atom is 0.413 e. The second-order valence-corrected chi connectivity index (χ2v) is 23.0. The number of aliphatic imine (C=N–C) groups is 2. The summed E-state index contributed by atoms with van der Waals surface area (Å²) < 4.78 is 35.0. The SMILES string of the molecule is CCOC(=O)c1csc(C2=N[C@H](c3csc([C@@H]4[C@@H](C)OC(C)(C)N4C(=O)OC(C)(C)C)n3)[C@@](N=Cc3csc([C@@H]4[C@@H](C)OC(C)(C)N4C(=O)OC(C)(C)C)n3)(c3nc(C(=O)OCC)cs3)CC2)n1. The molecule has 3 aliphatic rings. The van der Waals surface area contributed by atoms with Gasteiger partial charge in [0, 0.05) is 27.7 Å². The van der Waals surface area contributed by atoms with Crippen LogP contribution in [0.1, 0.15) is 180 Å². The molecule has 0 unspecified atom stereocenters. The van der Waals surface area contributed by atoms with E-state index in [1.54, 1.807) is 40.6 Å². The quantitative estimate of drug-likeness (QED) is 0.0779. The van der Waals surface area contributed by atoms with Crippen molar-refractivity contribution in [2.45, 2.75) is 168 Å². The van der Waals surface area contributed by atoms with Crippen LogP contribution in [0.3, 0.4) is 0 Å². The summed E-state index contributed by atoms with van der Waals surface area (Å²) in [4.78, 5) is 87.2. The van der Waals surface area contributed by atoms with Crippen LogP contribution >= 0.6 is 45.3 Å². The predicted octanol–water partition coefficient (Wildman–Crippen LogP) is 10.1.